The summed E-state index contributed by atoms with van der Waals surface area (Å²) >= 11 is 0. The average Bonchev–Trinajstić information content (AvgIpc) is 2.75. The first kappa shape index (κ1) is 19.9. The summed E-state index contributed by atoms with van der Waals surface area (Å²) in [5, 5.41) is 5.81. The van der Waals surface area contributed by atoms with Gasteiger partial charge >= 0.3 is 0 Å². The van der Waals surface area contributed by atoms with E-state index in [1.165, 1.54) is 39.7 Å². The number of pyridine rings is 1. The van der Waals surface area contributed by atoms with E-state index in [0.717, 1.165) is 0 Å². The predicted octanol–water partition coefficient (Wildman–Crippen LogP) is 4.24. The number of hydrogen-bond acceptors (Lipinski definition) is 6. The molecule has 29 heavy (non-hydrogen) atoms. The number of benzene rings is 2. The first-order valence-corrected chi connectivity index (χ1v) is 8.64. The third-order valence-electron chi connectivity index (χ3n) is 4.06. The van der Waals surface area contributed by atoms with Crippen LogP contribution in [0, 0.1) is 5.82 Å². The zero-order chi connectivity index (χ0) is 20.8. The molecule has 3 rings (SSSR count). The number of nitrogens with zero attached hydrogens (tertiary/aromatic N) is 1. The maximum absolute atomic E-state index is 13.0. The summed E-state index contributed by atoms with van der Waals surface area (Å²) in [6.45, 7) is 0. The molecular formula is C21H20FN3O4. The summed E-state index contributed by atoms with van der Waals surface area (Å²) in [4.78, 5) is 16.9. The highest BCUT2D eigenvalue weighted by Crippen LogP contribution is 2.38. The minimum Gasteiger partial charge on any atom is -0.493 e. The number of carbonyl (C=O) groups is 1. The van der Waals surface area contributed by atoms with Gasteiger partial charge in [0.1, 0.15) is 11.6 Å². The van der Waals surface area contributed by atoms with Crippen molar-refractivity contribution in [3.8, 4) is 17.2 Å². The van der Waals surface area contributed by atoms with Crippen LogP contribution < -0.4 is 24.8 Å². The molecule has 0 atom stereocenters. The summed E-state index contributed by atoms with van der Waals surface area (Å²) in [5.74, 6) is 1.06. The highest BCUT2D eigenvalue weighted by molar-refractivity contribution is 6.05. The van der Waals surface area contributed by atoms with E-state index >= 15 is 0 Å². The van der Waals surface area contributed by atoms with Crippen LogP contribution in [0.25, 0.3) is 0 Å². The molecule has 150 valence electrons. The molecule has 0 saturated carbocycles. The summed E-state index contributed by atoms with van der Waals surface area (Å²) in [6.07, 6.45) is 1.52. The number of carbonyl (C=O) groups excluding carboxylic acids is 1. The Balaban J connectivity index is 1.73. The molecule has 1 aromatic heterocycles. The Morgan fingerprint density at radius 1 is 0.897 bits per heavy atom. The number of ether oxygens (including phenoxy) is 3. The Morgan fingerprint density at radius 3 is 2.03 bits per heavy atom. The Labute approximate surface area is 167 Å². The molecule has 1 amide bonds. The molecule has 2 aromatic carbocycles. The minimum absolute atomic E-state index is 0.312. The molecule has 0 radical (unpaired) electrons. The number of hydrogen-bond donors (Lipinski definition) is 2. The zero-order valence-electron chi connectivity index (χ0n) is 16.2. The maximum Gasteiger partial charge on any atom is 0.255 e. The van der Waals surface area contributed by atoms with Gasteiger partial charge in [0.2, 0.25) is 5.75 Å². The Morgan fingerprint density at radius 2 is 1.52 bits per heavy atom. The van der Waals surface area contributed by atoms with Crippen LogP contribution in [-0.4, -0.2) is 32.2 Å². The van der Waals surface area contributed by atoms with Crippen LogP contribution in [0.2, 0.25) is 0 Å². The van der Waals surface area contributed by atoms with Crippen molar-refractivity contribution in [1.82, 2.24) is 4.98 Å². The van der Waals surface area contributed by atoms with E-state index < -0.39 is 0 Å². The van der Waals surface area contributed by atoms with E-state index in [1.807, 2.05) is 0 Å². The van der Waals surface area contributed by atoms with Crippen molar-refractivity contribution in [3.05, 3.63) is 66.1 Å². The van der Waals surface area contributed by atoms with Gasteiger partial charge in [-0.05, 0) is 48.5 Å². The first-order valence-electron chi connectivity index (χ1n) is 8.64. The van der Waals surface area contributed by atoms with Crippen LogP contribution >= 0.6 is 0 Å². The van der Waals surface area contributed by atoms with Gasteiger partial charge in [-0.15, -0.1) is 0 Å². The summed E-state index contributed by atoms with van der Waals surface area (Å²) < 4.78 is 28.8. The Bertz CT molecular complexity index is 967. The van der Waals surface area contributed by atoms with Gasteiger partial charge in [-0.3, -0.25) is 4.79 Å². The van der Waals surface area contributed by atoms with Gasteiger partial charge in [-0.1, -0.05) is 0 Å². The predicted molar refractivity (Wildman–Crippen MR) is 108 cm³/mol. The molecule has 0 unspecified atom stereocenters. The molecule has 0 aliphatic rings. The van der Waals surface area contributed by atoms with Crippen molar-refractivity contribution in [2.75, 3.05) is 32.0 Å². The largest absolute Gasteiger partial charge is 0.493 e. The van der Waals surface area contributed by atoms with Crippen LogP contribution in [0.4, 0.5) is 21.6 Å². The molecule has 8 heteroatoms. The number of methoxy groups -OCH3 is 3. The molecule has 0 spiro atoms. The molecule has 0 bridgehead atoms. The summed E-state index contributed by atoms with van der Waals surface area (Å²) in [5.41, 5.74) is 1.55. The molecule has 3 aromatic rings. The normalized spacial score (nSPS) is 10.2. The third kappa shape index (κ3) is 4.73. The van der Waals surface area contributed by atoms with Crippen molar-refractivity contribution >= 4 is 23.1 Å². The van der Waals surface area contributed by atoms with Crippen LogP contribution in [0.5, 0.6) is 17.2 Å². The lowest BCUT2D eigenvalue weighted by Gasteiger charge is -2.14. The fourth-order valence-corrected chi connectivity index (χ4v) is 2.64. The molecule has 0 aliphatic carbocycles. The van der Waals surface area contributed by atoms with Crippen LogP contribution in [0.3, 0.4) is 0 Å². The molecule has 7 nitrogen and oxygen atoms in total. The SMILES string of the molecule is COc1cc(C(=O)Nc2ccc(Nc3ccc(F)cc3)nc2)cc(OC)c1OC. The second-order valence-corrected chi connectivity index (χ2v) is 5.93. The Hall–Kier alpha value is -3.81. The van der Waals surface area contributed by atoms with Crippen molar-refractivity contribution in [1.29, 1.82) is 0 Å². The average molecular weight is 397 g/mol. The van der Waals surface area contributed by atoms with Gasteiger partial charge in [0, 0.05) is 11.3 Å². The van der Waals surface area contributed by atoms with E-state index in [0.29, 0.717) is 40.0 Å². The highest BCUT2D eigenvalue weighted by atomic mass is 19.1. The molecule has 0 saturated heterocycles. The lowest BCUT2D eigenvalue weighted by atomic mass is 10.1. The molecule has 1 heterocycles. The van der Waals surface area contributed by atoms with Gasteiger partial charge < -0.3 is 24.8 Å². The topological polar surface area (TPSA) is 81.7 Å². The standard InChI is InChI=1S/C21H20FN3O4/c1-27-17-10-13(11-18(28-2)20(17)29-3)21(26)25-16-8-9-19(23-12-16)24-15-6-4-14(22)5-7-15/h4-12H,1-3H3,(H,23,24)(H,25,26). The van der Waals surface area contributed by atoms with Gasteiger partial charge in [-0.25, -0.2) is 9.37 Å². The van der Waals surface area contributed by atoms with E-state index in [1.54, 1.807) is 36.4 Å². The highest BCUT2D eigenvalue weighted by Gasteiger charge is 2.17. The van der Waals surface area contributed by atoms with Crippen molar-refractivity contribution in [2.45, 2.75) is 0 Å². The van der Waals surface area contributed by atoms with E-state index in [9.17, 15) is 9.18 Å². The van der Waals surface area contributed by atoms with Gasteiger partial charge in [0.25, 0.3) is 5.91 Å². The number of rotatable bonds is 7. The lowest BCUT2D eigenvalue weighted by Crippen LogP contribution is -2.13. The number of amides is 1. The zero-order valence-corrected chi connectivity index (χ0v) is 16.2. The van der Waals surface area contributed by atoms with E-state index in [4.69, 9.17) is 14.2 Å². The van der Waals surface area contributed by atoms with Gasteiger partial charge in [-0.2, -0.15) is 0 Å². The smallest absolute Gasteiger partial charge is 0.255 e. The number of aromatic nitrogens is 1. The van der Waals surface area contributed by atoms with Crippen molar-refractivity contribution < 1.29 is 23.4 Å². The van der Waals surface area contributed by atoms with Crippen molar-refractivity contribution in [2.24, 2.45) is 0 Å². The van der Waals surface area contributed by atoms with Gasteiger partial charge in [0.15, 0.2) is 11.5 Å². The fraction of sp³-hybridized carbons (Fsp3) is 0.143. The molecule has 2 N–H and O–H groups in total. The quantitative estimate of drug-likeness (QED) is 0.621. The first-order chi connectivity index (χ1) is 14.0. The van der Waals surface area contributed by atoms with E-state index in [2.05, 4.69) is 15.6 Å². The summed E-state index contributed by atoms with van der Waals surface area (Å²) in [6, 6.07) is 12.5. The van der Waals surface area contributed by atoms with Gasteiger partial charge in [0.05, 0.1) is 33.2 Å². The molecule has 0 aliphatic heterocycles. The molecule has 0 fully saturated rings. The van der Waals surface area contributed by atoms with Crippen molar-refractivity contribution in [3.63, 3.8) is 0 Å². The monoisotopic (exact) mass is 397 g/mol. The second kappa shape index (κ2) is 8.92. The summed E-state index contributed by atoms with van der Waals surface area (Å²) in [7, 11) is 4.46. The lowest BCUT2D eigenvalue weighted by molar-refractivity contribution is 0.102. The third-order valence-corrected chi connectivity index (χ3v) is 4.06. The Kier molecular flexibility index (Phi) is 6.13. The van der Waals surface area contributed by atoms with E-state index in [-0.39, 0.29) is 11.7 Å². The minimum atomic E-state index is -0.356. The van der Waals surface area contributed by atoms with Crippen LogP contribution in [-0.2, 0) is 0 Å². The molecular weight excluding hydrogens is 377 g/mol. The van der Waals surface area contributed by atoms with Crippen LogP contribution in [0.15, 0.2) is 54.7 Å². The number of nitrogens with one attached hydrogen (secondary N) is 2. The second-order valence-electron chi connectivity index (χ2n) is 5.93. The number of anilines is 3. The fourth-order valence-electron chi connectivity index (χ4n) is 2.64. The number of halogens is 1. The maximum atomic E-state index is 13.0. The van der Waals surface area contributed by atoms with Crippen LogP contribution in [0.1, 0.15) is 10.4 Å².